The Morgan fingerprint density at radius 1 is 1.32 bits per heavy atom. The zero-order valence-electron chi connectivity index (χ0n) is 11.5. The Labute approximate surface area is 111 Å². The lowest BCUT2D eigenvalue weighted by Gasteiger charge is -2.11. The van der Waals surface area contributed by atoms with E-state index in [9.17, 15) is 0 Å². The Hall–Kier alpha value is -2.38. The van der Waals surface area contributed by atoms with Crippen LogP contribution in [0.5, 0.6) is 11.8 Å². The highest BCUT2D eigenvalue weighted by Gasteiger charge is 2.10. The highest BCUT2D eigenvalue weighted by atomic mass is 16.5. The van der Waals surface area contributed by atoms with Crippen molar-refractivity contribution in [2.24, 2.45) is 0 Å². The zero-order chi connectivity index (χ0) is 13.8. The molecule has 2 aromatic heterocycles. The van der Waals surface area contributed by atoms with Crippen molar-refractivity contribution in [1.82, 2.24) is 24.7 Å². The van der Waals surface area contributed by atoms with Crippen LogP contribution in [0.3, 0.4) is 0 Å². The first-order valence-corrected chi connectivity index (χ1v) is 5.94. The van der Waals surface area contributed by atoms with Crippen LogP contribution in [0.1, 0.15) is 6.92 Å². The van der Waals surface area contributed by atoms with Crippen LogP contribution in [0.4, 0.5) is 11.9 Å². The summed E-state index contributed by atoms with van der Waals surface area (Å²) < 4.78 is 7.35. The minimum atomic E-state index is 0.235. The molecule has 0 aliphatic rings. The molecule has 0 unspecified atom stereocenters. The highest BCUT2D eigenvalue weighted by Crippen LogP contribution is 2.19. The normalized spacial score (nSPS) is 10.3. The number of rotatable bonds is 5. The van der Waals surface area contributed by atoms with Gasteiger partial charge in [0.15, 0.2) is 5.75 Å². The molecule has 1 N–H and O–H groups in total. The van der Waals surface area contributed by atoms with E-state index >= 15 is 0 Å². The van der Waals surface area contributed by atoms with Gasteiger partial charge in [-0.25, -0.2) is 0 Å². The molecule has 102 valence electrons. The molecule has 0 aliphatic heterocycles. The van der Waals surface area contributed by atoms with E-state index in [1.54, 1.807) is 29.0 Å². The Bertz CT molecular complexity index is 552. The van der Waals surface area contributed by atoms with E-state index in [0.29, 0.717) is 17.6 Å². The molecule has 0 atom stereocenters. The van der Waals surface area contributed by atoms with Crippen molar-refractivity contribution >= 4 is 11.9 Å². The van der Waals surface area contributed by atoms with Crippen molar-refractivity contribution in [3.63, 3.8) is 0 Å². The molecule has 8 nitrogen and oxygen atoms in total. The van der Waals surface area contributed by atoms with Gasteiger partial charge in [0.05, 0.1) is 12.4 Å². The highest BCUT2D eigenvalue weighted by molar-refractivity contribution is 5.37. The summed E-state index contributed by atoms with van der Waals surface area (Å²) in [5.41, 5.74) is 0. The summed E-state index contributed by atoms with van der Waals surface area (Å²) in [6.07, 6.45) is 3.42. The van der Waals surface area contributed by atoms with E-state index in [1.165, 1.54) is 0 Å². The fraction of sp³-hybridized carbons (Fsp3) is 0.455. The Kier molecular flexibility index (Phi) is 3.79. The van der Waals surface area contributed by atoms with Crippen molar-refractivity contribution in [2.45, 2.75) is 13.5 Å². The smallest absolute Gasteiger partial charge is 0.328 e. The van der Waals surface area contributed by atoms with Gasteiger partial charge < -0.3 is 15.0 Å². The summed E-state index contributed by atoms with van der Waals surface area (Å²) >= 11 is 0. The second-order valence-electron chi connectivity index (χ2n) is 4.02. The number of ether oxygens (including phenoxy) is 1. The lowest BCUT2D eigenvalue weighted by molar-refractivity contribution is 0.439. The standard InChI is InChI=1S/C11H17N7O/c1-5-18-7-8(6-13-18)19-11-15-9(12-2)14-10(16-11)17(3)4/h6-7H,5H2,1-4H3,(H,12,14,15,16). The minimum Gasteiger partial charge on any atom is -0.421 e. The maximum Gasteiger partial charge on any atom is 0.328 e. The van der Waals surface area contributed by atoms with Crippen LogP contribution in [0, 0.1) is 0 Å². The Morgan fingerprint density at radius 2 is 2.11 bits per heavy atom. The van der Waals surface area contributed by atoms with Gasteiger partial charge in [0, 0.05) is 27.7 Å². The van der Waals surface area contributed by atoms with E-state index in [1.807, 2.05) is 21.0 Å². The van der Waals surface area contributed by atoms with Crippen molar-refractivity contribution in [3.05, 3.63) is 12.4 Å². The molecule has 0 fully saturated rings. The third kappa shape index (κ3) is 3.09. The average Bonchev–Trinajstić information content (AvgIpc) is 2.85. The van der Waals surface area contributed by atoms with E-state index in [0.717, 1.165) is 6.54 Å². The topological polar surface area (TPSA) is 81.0 Å². The Balaban J connectivity index is 2.25. The van der Waals surface area contributed by atoms with Crippen LogP contribution in [0.2, 0.25) is 0 Å². The number of aromatic nitrogens is 5. The molecule has 0 bridgehead atoms. The molecule has 19 heavy (non-hydrogen) atoms. The SMILES string of the molecule is CCn1cc(Oc2nc(NC)nc(N(C)C)n2)cn1. The van der Waals surface area contributed by atoms with Gasteiger partial charge in [-0.2, -0.15) is 20.1 Å². The molecule has 0 saturated carbocycles. The molecule has 2 heterocycles. The van der Waals surface area contributed by atoms with Crippen molar-refractivity contribution in [1.29, 1.82) is 0 Å². The second kappa shape index (κ2) is 5.51. The quantitative estimate of drug-likeness (QED) is 0.861. The van der Waals surface area contributed by atoms with E-state index < -0.39 is 0 Å². The molecule has 0 aliphatic carbocycles. The van der Waals surface area contributed by atoms with Gasteiger partial charge in [0.25, 0.3) is 0 Å². The summed E-state index contributed by atoms with van der Waals surface area (Å²) in [6, 6.07) is 0.235. The number of nitrogens with zero attached hydrogens (tertiary/aromatic N) is 6. The largest absolute Gasteiger partial charge is 0.421 e. The van der Waals surface area contributed by atoms with Crippen molar-refractivity contribution in [2.75, 3.05) is 31.4 Å². The second-order valence-corrected chi connectivity index (χ2v) is 4.02. The molecule has 0 saturated heterocycles. The molecular weight excluding hydrogens is 246 g/mol. The summed E-state index contributed by atoms with van der Waals surface area (Å²) in [7, 11) is 5.45. The molecular formula is C11H17N7O. The molecule has 8 heteroatoms. The molecule has 2 aromatic rings. The lowest BCUT2D eigenvalue weighted by Crippen LogP contribution is -2.15. The molecule has 0 radical (unpaired) electrons. The van der Waals surface area contributed by atoms with E-state index in [2.05, 4.69) is 25.4 Å². The average molecular weight is 263 g/mol. The van der Waals surface area contributed by atoms with Crippen LogP contribution in [-0.2, 0) is 6.54 Å². The first kappa shape index (κ1) is 13.1. The third-order valence-electron chi connectivity index (χ3n) is 2.37. The number of hydrogen-bond acceptors (Lipinski definition) is 7. The number of aryl methyl sites for hydroxylation is 1. The van der Waals surface area contributed by atoms with Crippen LogP contribution in [0.15, 0.2) is 12.4 Å². The fourth-order valence-electron chi connectivity index (χ4n) is 1.38. The maximum absolute atomic E-state index is 5.58. The van der Waals surface area contributed by atoms with Crippen LogP contribution in [-0.4, -0.2) is 45.9 Å². The maximum atomic E-state index is 5.58. The zero-order valence-corrected chi connectivity index (χ0v) is 11.5. The summed E-state index contributed by atoms with van der Waals surface area (Å²) in [6.45, 7) is 2.79. The van der Waals surface area contributed by atoms with Crippen LogP contribution < -0.4 is 15.0 Å². The summed E-state index contributed by atoms with van der Waals surface area (Å²) in [4.78, 5) is 14.3. The first-order chi connectivity index (χ1) is 9.12. The predicted octanol–water partition coefficient (Wildman–Crippen LogP) is 0.988. The number of hydrogen-bond donors (Lipinski definition) is 1. The van der Waals surface area contributed by atoms with E-state index in [-0.39, 0.29) is 6.01 Å². The van der Waals surface area contributed by atoms with Gasteiger partial charge in [-0.1, -0.05) is 0 Å². The van der Waals surface area contributed by atoms with Gasteiger partial charge in [-0.3, -0.25) is 4.68 Å². The van der Waals surface area contributed by atoms with Crippen LogP contribution in [0.25, 0.3) is 0 Å². The van der Waals surface area contributed by atoms with Crippen molar-refractivity contribution < 1.29 is 4.74 Å². The van der Waals surface area contributed by atoms with Gasteiger partial charge in [0.1, 0.15) is 0 Å². The number of nitrogens with one attached hydrogen (secondary N) is 1. The van der Waals surface area contributed by atoms with Crippen molar-refractivity contribution in [3.8, 4) is 11.8 Å². The van der Waals surface area contributed by atoms with Gasteiger partial charge >= 0.3 is 6.01 Å². The fourth-order valence-corrected chi connectivity index (χ4v) is 1.38. The first-order valence-electron chi connectivity index (χ1n) is 5.94. The molecule has 0 spiro atoms. The minimum absolute atomic E-state index is 0.235. The van der Waals surface area contributed by atoms with Gasteiger partial charge in [0.2, 0.25) is 11.9 Å². The van der Waals surface area contributed by atoms with Gasteiger partial charge in [-0.05, 0) is 6.92 Å². The van der Waals surface area contributed by atoms with Crippen LogP contribution >= 0.6 is 0 Å². The van der Waals surface area contributed by atoms with E-state index in [4.69, 9.17) is 4.74 Å². The third-order valence-corrected chi connectivity index (χ3v) is 2.37. The molecule has 0 aromatic carbocycles. The van der Waals surface area contributed by atoms with Gasteiger partial charge in [-0.15, -0.1) is 0 Å². The summed E-state index contributed by atoms with van der Waals surface area (Å²) in [5, 5.41) is 7.00. The molecule has 2 rings (SSSR count). The lowest BCUT2D eigenvalue weighted by atomic mass is 10.6. The predicted molar refractivity (Wildman–Crippen MR) is 71.7 cm³/mol. The Morgan fingerprint density at radius 3 is 2.68 bits per heavy atom. The number of anilines is 2. The molecule has 0 amide bonds. The summed E-state index contributed by atoms with van der Waals surface area (Å²) in [5.74, 6) is 1.58. The monoisotopic (exact) mass is 263 g/mol.